The Kier molecular flexibility index (Phi) is 6.64. The SMILES string of the molecule is CC(C)CC(NC(=O)CSc1nnc(C(C)(C)C)o1)c1ccccc1. The summed E-state index contributed by atoms with van der Waals surface area (Å²) in [6.45, 7) is 10.3. The molecule has 0 saturated heterocycles. The van der Waals surface area contributed by atoms with E-state index in [0.29, 0.717) is 17.0 Å². The summed E-state index contributed by atoms with van der Waals surface area (Å²) >= 11 is 1.27. The van der Waals surface area contributed by atoms with E-state index in [2.05, 4.69) is 29.4 Å². The summed E-state index contributed by atoms with van der Waals surface area (Å²) in [6.07, 6.45) is 0.898. The van der Waals surface area contributed by atoms with Gasteiger partial charge in [-0.05, 0) is 17.9 Å². The molecule has 0 saturated carbocycles. The van der Waals surface area contributed by atoms with Gasteiger partial charge in [0.05, 0.1) is 11.8 Å². The number of amides is 1. The van der Waals surface area contributed by atoms with Crippen molar-refractivity contribution in [2.45, 2.75) is 57.7 Å². The predicted molar refractivity (Wildman–Crippen MR) is 101 cm³/mol. The first-order valence-corrected chi connectivity index (χ1v) is 9.55. The quantitative estimate of drug-likeness (QED) is 0.742. The fourth-order valence-electron chi connectivity index (χ4n) is 2.37. The van der Waals surface area contributed by atoms with Crippen LogP contribution in [0.2, 0.25) is 0 Å². The molecule has 0 aliphatic heterocycles. The van der Waals surface area contributed by atoms with Crippen LogP contribution in [0, 0.1) is 5.92 Å². The largest absolute Gasteiger partial charge is 0.415 e. The molecule has 1 heterocycles. The van der Waals surface area contributed by atoms with Crippen LogP contribution in [-0.4, -0.2) is 21.9 Å². The van der Waals surface area contributed by atoms with Gasteiger partial charge in [-0.2, -0.15) is 0 Å². The van der Waals surface area contributed by atoms with E-state index in [1.54, 1.807) is 0 Å². The average Bonchev–Trinajstić information content (AvgIpc) is 3.02. The molecule has 1 aromatic carbocycles. The Morgan fingerprint density at radius 3 is 2.44 bits per heavy atom. The van der Waals surface area contributed by atoms with Crippen molar-refractivity contribution in [1.29, 1.82) is 0 Å². The maximum atomic E-state index is 12.4. The summed E-state index contributed by atoms with van der Waals surface area (Å²) in [6, 6.07) is 10.1. The number of carbonyl (C=O) groups is 1. The second-order valence-electron chi connectivity index (χ2n) is 7.57. The minimum absolute atomic E-state index is 0.0159. The number of rotatable bonds is 7. The lowest BCUT2D eigenvalue weighted by atomic mass is 9.97. The standard InChI is InChI=1S/C19H27N3O2S/c1-13(2)11-15(14-9-7-6-8-10-14)20-16(23)12-25-18-22-21-17(24-18)19(3,4)5/h6-10,13,15H,11-12H2,1-5H3,(H,20,23). The van der Waals surface area contributed by atoms with Gasteiger partial charge in [-0.3, -0.25) is 4.79 Å². The molecule has 0 radical (unpaired) electrons. The molecule has 0 bridgehead atoms. The van der Waals surface area contributed by atoms with E-state index in [1.807, 2.05) is 51.1 Å². The van der Waals surface area contributed by atoms with Gasteiger partial charge in [-0.15, -0.1) is 10.2 Å². The molecule has 136 valence electrons. The third-order valence-corrected chi connectivity index (χ3v) is 4.44. The van der Waals surface area contributed by atoms with Crippen LogP contribution in [0.5, 0.6) is 0 Å². The topological polar surface area (TPSA) is 68.0 Å². The highest BCUT2D eigenvalue weighted by atomic mass is 32.2. The summed E-state index contributed by atoms with van der Waals surface area (Å²) in [5.41, 5.74) is 0.936. The predicted octanol–water partition coefficient (Wildman–Crippen LogP) is 4.36. The number of nitrogens with zero attached hydrogens (tertiary/aromatic N) is 2. The van der Waals surface area contributed by atoms with Crippen molar-refractivity contribution in [3.8, 4) is 0 Å². The number of benzene rings is 1. The van der Waals surface area contributed by atoms with Crippen LogP contribution < -0.4 is 5.32 Å². The minimum Gasteiger partial charge on any atom is -0.415 e. The Morgan fingerprint density at radius 2 is 1.88 bits per heavy atom. The fourth-order valence-corrected chi connectivity index (χ4v) is 2.94. The smallest absolute Gasteiger partial charge is 0.277 e. The lowest BCUT2D eigenvalue weighted by Gasteiger charge is -2.21. The van der Waals surface area contributed by atoms with E-state index < -0.39 is 0 Å². The Labute approximate surface area is 154 Å². The number of aromatic nitrogens is 2. The van der Waals surface area contributed by atoms with Gasteiger partial charge >= 0.3 is 0 Å². The molecule has 0 spiro atoms. The summed E-state index contributed by atoms with van der Waals surface area (Å²) in [4.78, 5) is 12.4. The summed E-state index contributed by atoms with van der Waals surface area (Å²) in [5, 5.41) is 11.6. The van der Waals surface area contributed by atoms with Gasteiger partial charge in [-0.1, -0.05) is 76.7 Å². The van der Waals surface area contributed by atoms with Gasteiger partial charge in [0.15, 0.2) is 0 Å². The number of thioether (sulfide) groups is 1. The minimum atomic E-state index is -0.191. The van der Waals surface area contributed by atoms with Gasteiger partial charge in [-0.25, -0.2) is 0 Å². The highest BCUT2D eigenvalue weighted by molar-refractivity contribution is 7.99. The second kappa shape index (κ2) is 8.52. The lowest BCUT2D eigenvalue weighted by Crippen LogP contribution is -2.30. The molecule has 0 aliphatic rings. The first kappa shape index (κ1) is 19.5. The van der Waals surface area contributed by atoms with Crippen LogP contribution in [0.15, 0.2) is 40.0 Å². The summed E-state index contributed by atoms with van der Waals surface area (Å²) in [7, 11) is 0. The maximum Gasteiger partial charge on any atom is 0.277 e. The number of hydrogen-bond donors (Lipinski definition) is 1. The van der Waals surface area contributed by atoms with E-state index in [0.717, 1.165) is 12.0 Å². The van der Waals surface area contributed by atoms with Gasteiger partial charge < -0.3 is 9.73 Å². The zero-order valence-electron chi connectivity index (χ0n) is 15.6. The molecule has 2 aromatic rings. The molecule has 6 heteroatoms. The van der Waals surface area contributed by atoms with Gasteiger partial charge in [0.1, 0.15) is 0 Å². The molecule has 25 heavy (non-hydrogen) atoms. The molecule has 5 nitrogen and oxygen atoms in total. The van der Waals surface area contributed by atoms with Crippen molar-refractivity contribution in [2.75, 3.05) is 5.75 Å². The van der Waals surface area contributed by atoms with Crippen molar-refractivity contribution in [1.82, 2.24) is 15.5 Å². The van der Waals surface area contributed by atoms with Crippen LogP contribution >= 0.6 is 11.8 Å². The summed E-state index contributed by atoms with van der Waals surface area (Å²) < 4.78 is 5.61. The molecule has 2 rings (SSSR count). The van der Waals surface area contributed by atoms with Crippen molar-refractivity contribution in [3.63, 3.8) is 0 Å². The van der Waals surface area contributed by atoms with Crippen molar-refractivity contribution >= 4 is 17.7 Å². The van der Waals surface area contributed by atoms with Crippen molar-refractivity contribution in [2.24, 2.45) is 5.92 Å². The van der Waals surface area contributed by atoms with Crippen LogP contribution in [0.3, 0.4) is 0 Å². The Balaban J connectivity index is 1.94. The normalized spacial score (nSPS) is 13.0. The van der Waals surface area contributed by atoms with E-state index in [4.69, 9.17) is 4.42 Å². The van der Waals surface area contributed by atoms with Gasteiger partial charge in [0.2, 0.25) is 11.8 Å². The van der Waals surface area contributed by atoms with Gasteiger partial charge in [0, 0.05) is 5.41 Å². The highest BCUT2D eigenvalue weighted by Gasteiger charge is 2.22. The number of hydrogen-bond acceptors (Lipinski definition) is 5. The molecule has 0 fully saturated rings. The van der Waals surface area contributed by atoms with Crippen LogP contribution in [0.1, 0.15) is 58.5 Å². The molecule has 1 N–H and O–H groups in total. The van der Waals surface area contributed by atoms with Crippen molar-refractivity contribution in [3.05, 3.63) is 41.8 Å². The Hall–Kier alpha value is -1.82. The Bertz CT molecular complexity index is 677. The highest BCUT2D eigenvalue weighted by Crippen LogP contribution is 2.25. The van der Waals surface area contributed by atoms with Crippen LogP contribution in [0.4, 0.5) is 0 Å². The molecule has 1 aromatic heterocycles. The third-order valence-electron chi connectivity index (χ3n) is 3.62. The average molecular weight is 362 g/mol. The van der Waals surface area contributed by atoms with E-state index in [-0.39, 0.29) is 23.1 Å². The summed E-state index contributed by atoms with van der Waals surface area (Å²) in [5.74, 6) is 1.29. The zero-order chi connectivity index (χ0) is 18.4. The fraction of sp³-hybridized carbons (Fsp3) is 0.526. The van der Waals surface area contributed by atoms with Crippen LogP contribution in [0.25, 0.3) is 0 Å². The molecule has 0 aliphatic carbocycles. The van der Waals surface area contributed by atoms with E-state index >= 15 is 0 Å². The molecule has 1 atom stereocenters. The monoisotopic (exact) mass is 361 g/mol. The van der Waals surface area contributed by atoms with Crippen LogP contribution in [-0.2, 0) is 10.2 Å². The first-order valence-electron chi connectivity index (χ1n) is 8.57. The molecular formula is C19H27N3O2S. The number of nitrogens with one attached hydrogen (secondary N) is 1. The zero-order valence-corrected chi connectivity index (χ0v) is 16.4. The first-order chi connectivity index (χ1) is 11.8. The Morgan fingerprint density at radius 1 is 1.20 bits per heavy atom. The molecule has 1 unspecified atom stereocenters. The molecule has 1 amide bonds. The van der Waals surface area contributed by atoms with E-state index in [9.17, 15) is 4.79 Å². The molecular weight excluding hydrogens is 334 g/mol. The van der Waals surface area contributed by atoms with Crippen molar-refractivity contribution < 1.29 is 9.21 Å². The second-order valence-corrected chi connectivity index (χ2v) is 8.50. The third kappa shape index (κ3) is 6.20. The van der Waals surface area contributed by atoms with Gasteiger partial charge in [0.25, 0.3) is 5.22 Å². The maximum absolute atomic E-state index is 12.4. The van der Waals surface area contributed by atoms with E-state index in [1.165, 1.54) is 11.8 Å². The lowest BCUT2D eigenvalue weighted by molar-refractivity contribution is -0.119. The number of carbonyl (C=O) groups excluding carboxylic acids is 1.